The smallest absolute Gasteiger partial charge is 0.337 e. The Kier molecular flexibility index (Phi) is 4.20. The van der Waals surface area contributed by atoms with Crippen LogP contribution in [-0.4, -0.2) is 16.1 Å². The van der Waals surface area contributed by atoms with Crippen molar-refractivity contribution in [3.63, 3.8) is 0 Å². The lowest BCUT2D eigenvalue weighted by Gasteiger charge is -2.10. The van der Waals surface area contributed by atoms with Crippen molar-refractivity contribution >= 4 is 51.5 Å². The van der Waals surface area contributed by atoms with Crippen LogP contribution in [0.2, 0.25) is 5.15 Å². The standard InChI is InChI=1S/C12H7ClFIN2O2/c13-11-4-7(12(18)19)10(5-16-11)17-9-2-1-6(15)3-8(9)14/h1-5,17H,(H,18,19). The summed E-state index contributed by atoms with van der Waals surface area (Å²) in [4.78, 5) is 14.9. The summed E-state index contributed by atoms with van der Waals surface area (Å²) < 4.78 is 14.4. The van der Waals surface area contributed by atoms with Gasteiger partial charge in [-0.1, -0.05) is 11.6 Å². The van der Waals surface area contributed by atoms with Crippen molar-refractivity contribution in [1.82, 2.24) is 4.98 Å². The molecule has 4 nitrogen and oxygen atoms in total. The zero-order valence-electron chi connectivity index (χ0n) is 9.32. The molecule has 0 saturated heterocycles. The maximum atomic E-state index is 13.7. The lowest BCUT2D eigenvalue weighted by Crippen LogP contribution is -2.04. The molecule has 0 atom stereocenters. The lowest BCUT2D eigenvalue weighted by atomic mass is 10.2. The maximum Gasteiger partial charge on any atom is 0.337 e. The number of carboxylic acid groups (broad SMARTS) is 1. The Labute approximate surface area is 126 Å². The van der Waals surface area contributed by atoms with E-state index in [-0.39, 0.29) is 22.1 Å². The molecule has 1 aromatic heterocycles. The first-order chi connectivity index (χ1) is 8.97. The van der Waals surface area contributed by atoms with Gasteiger partial charge >= 0.3 is 5.97 Å². The highest BCUT2D eigenvalue weighted by molar-refractivity contribution is 14.1. The van der Waals surface area contributed by atoms with Gasteiger partial charge in [-0.2, -0.15) is 0 Å². The number of benzene rings is 1. The van der Waals surface area contributed by atoms with Crippen LogP contribution in [0.5, 0.6) is 0 Å². The molecule has 0 fully saturated rings. The predicted molar refractivity (Wildman–Crippen MR) is 78.6 cm³/mol. The molecule has 0 bridgehead atoms. The average Bonchev–Trinajstić information content (AvgIpc) is 2.34. The topological polar surface area (TPSA) is 62.2 Å². The maximum absolute atomic E-state index is 13.7. The van der Waals surface area contributed by atoms with Crippen molar-refractivity contribution in [2.24, 2.45) is 0 Å². The molecule has 98 valence electrons. The van der Waals surface area contributed by atoms with Crippen molar-refractivity contribution in [2.75, 3.05) is 5.32 Å². The molecule has 2 rings (SSSR count). The van der Waals surface area contributed by atoms with Crippen LogP contribution in [0.25, 0.3) is 0 Å². The van der Waals surface area contributed by atoms with E-state index < -0.39 is 11.8 Å². The number of halogens is 3. The highest BCUT2D eigenvalue weighted by Gasteiger charge is 2.13. The molecule has 2 N–H and O–H groups in total. The van der Waals surface area contributed by atoms with Gasteiger partial charge in [0.2, 0.25) is 0 Å². The summed E-state index contributed by atoms with van der Waals surface area (Å²) in [5.74, 6) is -1.64. The Bertz CT molecular complexity index is 652. The third-order valence-corrected chi connectivity index (χ3v) is 3.18. The van der Waals surface area contributed by atoms with Gasteiger partial charge in [-0.15, -0.1) is 0 Å². The van der Waals surface area contributed by atoms with Crippen molar-refractivity contribution in [3.05, 3.63) is 50.6 Å². The van der Waals surface area contributed by atoms with Gasteiger partial charge in [0.15, 0.2) is 0 Å². The Balaban J connectivity index is 2.40. The third-order valence-electron chi connectivity index (χ3n) is 2.30. The molecule has 1 heterocycles. The average molecular weight is 393 g/mol. The summed E-state index contributed by atoms with van der Waals surface area (Å²) in [6, 6.07) is 5.77. The molecule has 0 unspecified atom stereocenters. The van der Waals surface area contributed by atoms with E-state index >= 15 is 0 Å². The molecule has 0 spiro atoms. The fourth-order valence-electron chi connectivity index (χ4n) is 1.44. The molecular weight excluding hydrogens is 385 g/mol. The first-order valence-corrected chi connectivity index (χ1v) is 6.54. The Morgan fingerprint density at radius 3 is 2.74 bits per heavy atom. The molecule has 19 heavy (non-hydrogen) atoms. The fourth-order valence-corrected chi connectivity index (χ4v) is 2.05. The molecule has 1 aromatic carbocycles. The number of aromatic carboxylic acids is 1. The summed E-state index contributed by atoms with van der Waals surface area (Å²) in [6.07, 6.45) is 1.25. The van der Waals surface area contributed by atoms with Crippen LogP contribution in [0, 0.1) is 9.39 Å². The number of pyridine rings is 1. The molecule has 7 heteroatoms. The van der Waals surface area contributed by atoms with Crippen molar-refractivity contribution in [1.29, 1.82) is 0 Å². The van der Waals surface area contributed by atoms with Gasteiger partial charge in [0.05, 0.1) is 23.1 Å². The SMILES string of the molecule is O=C(O)c1cc(Cl)ncc1Nc1ccc(I)cc1F. The summed E-state index contributed by atoms with van der Waals surface area (Å²) in [6.45, 7) is 0. The number of aromatic nitrogens is 1. The Hall–Kier alpha value is -1.41. The van der Waals surface area contributed by atoms with E-state index in [0.29, 0.717) is 0 Å². The number of carboxylic acids is 1. The van der Waals surface area contributed by atoms with Crippen molar-refractivity contribution in [2.45, 2.75) is 0 Å². The summed E-state index contributed by atoms with van der Waals surface area (Å²) in [5, 5.41) is 11.8. The largest absolute Gasteiger partial charge is 0.478 e. The van der Waals surface area contributed by atoms with Crippen LogP contribution in [0.1, 0.15) is 10.4 Å². The second-order valence-electron chi connectivity index (χ2n) is 3.61. The van der Waals surface area contributed by atoms with Gasteiger partial charge < -0.3 is 10.4 Å². The number of nitrogens with one attached hydrogen (secondary N) is 1. The van der Waals surface area contributed by atoms with E-state index in [2.05, 4.69) is 10.3 Å². The normalized spacial score (nSPS) is 10.3. The minimum atomic E-state index is -1.17. The zero-order valence-corrected chi connectivity index (χ0v) is 12.2. The third kappa shape index (κ3) is 3.32. The molecule has 0 aliphatic heterocycles. The van der Waals surface area contributed by atoms with E-state index in [0.717, 1.165) is 3.57 Å². The van der Waals surface area contributed by atoms with Crippen LogP contribution in [0.15, 0.2) is 30.5 Å². The number of anilines is 2. The van der Waals surface area contributed by atoms with Gasteiger partial charge in [0, 0.05) is 3.57 Å². The first kappa shape index (κ1) is 14.0. The second-order valence-corrected chi connectivity index (χ2v) is 5.24. The van der Waals surface area contributed by atoms with Crippen LogP contribution < -0.4 is 5.32 Å². The van der Waals surface area contributed by atoms with Crippen LogP contribution >= 0.6 is 34.2 Å². The van der Waals surface area contributed by atoms with E-state index in [1.807, 2.05) is 22.6 Å². The molecule has 0 aliphatic rings. The van der Waals surface area contributed by atoms with Crippen molar-refractivity contribution < 1.29 is 14.3 Å². The van der Waals surface area contributed by atoms with Gasteiger partial charge in [-0.3, -0.25) is 0 Å². The first-order valence-electron chi connectivity index (χ1n) is 5.08. The van der Waals surface area contributed by atoms with Crippen LogP contribution in [0.4, 0.5) is 15.8 Å². The summed E-state index contributed by atoms with van der Waals surface area (Å²) in [7, 11) is 0. The highest BCUT2D eigenvalue weighted by atomic mass is 127. The molecule has 2 aromatic rings. The molecule has 0 aliphatic carbocycles. The van der Waals surface area contributed by atoms with Crippen molar-refractivity contribution in [3.8, 4) is 0 Å². The van der Waals surface area contributed by atoms with E-state index in [1.54, 1.807) is 6.07 Å². The lowest BCUT2D eigenvalue weighted by molar-refractivity contribution is 0.0698. The van der Waals surface area contributed by atoms with Crippen LogP contribution in [-0.2, 0) is 0 Å². The zero-order chi connectivity index (χ0) is 14.0. The predicted octanol–water partition coefficient (Wildman–Crippen LogP) is 3.92. The fraction of sp³-hybridized carbons (Fsp3) is 0. The highest BCUT2D eigenvalue weighted by Crippen LogP contribution is 2.25. The number of nitrogens with zero attached hydrogens (tertiary/aromatic N) is 1. The summed E-state index contributed by atoms with van der Waals surface area (Å²) >= 11 is 7.62. The number of carbonyl (C=O) groups is 1. The van der Waals surface area contributed by atoms with Gasteiger partial charge in [0.1, 0.15) is 11.0 Å². The molecule has 0 saturated carbocycles. The monoisotopic (exact) mass is 392 g/mol. The number of hydrogen-bond acceptors (Lipinski definition) is 3. The van der Waals surface area contributed by atoms with Gasteiger partial charge in [-0.05, 0) is 46.9 Å². The van der Waals surface area contributed by atoms with E-state index in [9.17, 15) is 9.18 Å². The van der Waals surface area contributed by atoms with Crippen LogP contribution in [0.3, 0.4) is 0 Å². The molecular formula is C12H7ClFIN2O2. The Morgan fingerprint density at radius 1 is 1.37 bits per heavy atom. The number of rotatable bonds is 3. The Morgan fingerprint density at radius 2 is 2.11 bits per heavy atom. The quantitative estimate of drug-likeness (QED) is 0.614. The minimum absolute atomic E-state index is 0.0611. The minimum Gasteiger partial charge on any atom is -0.478 e. The van der Waals surface area contributed by atoms with E-state index in [4.69, 9.17) is 16.7 Å². The van der Waals surface area contributed by atoms with Gasteiger partial charge in [0.25, 0.3) is 0 Å². The molecule has 0 amide bonds. The van der Waals surface area contributed by atoms with Gasteiger partial charge in [-0.25, -0.2) is 14.2 Å². The van der Waals surface area contributed by atoms with E-state index in [1.165, 1.54) is 24.4 Å². The molecule has 0 radical (unpaired) electrons. The second kappa shape index (κ2) is 5.70. The summed E-state index contributed by atoms with van der Waals surface area (Å²) in [5.41, 5.74) is 0.280. The number of hydrogen-bond donors (Lipinski definition) is 2.